The van der Waals surface area contributed by atoms with Gasteiger partial charge in [0.1, 0.15) is 17.7 Å². The van der Waals surface area contributed by atoms with Crippen molar-refractivity contribution in [2.45, 2.75) is 83.5 Å². The van der Waals surface area contributed by atoms with E-state index < -0.39 is 23.8 Å². The molecule has 32 heavy (non-hydrogen) atoms. The zero-order valence-electron chi connectivity index (χ0n) is 19.6. The molecule has 1 aromatic carbocycles. The Morgan fingerprint density at radius 3 is 2.28 bits per heavy atom. The lowest BCUT2D eigenvalue weighted by atomic mass is 9.94. The molecule has 0 spiro atoms. The minimum Gasteiger partial charge on any atom is -0.444 e. The molecule has 0 saturated heterocycles. The van der Waals surface area contributed by atoms with Gasteiger partial charge in [-0.25, -0.2) is 4.79 Å². The molecular weight excluding hydrogens is 426 g/mol. The molecule has 1 aromatic rings. The fourth-order valence-electron chi connectivity index (χ4n) is 3.94. The van der Waals surface area contributed by atoms with E-state index in [0.717, 1.165) is 31.2 Å². The summed E-state index contributed by atoms with van der Waals surface area (Å²) in [5.41, 5.74) is 0.0386. The molecule has 2 atom stereocenters. The molecule has 0 bridgehead atoms. The van der Waals surface area contributed by atoms with Crippen molar-refractivity contribution in [2.24, 2.45) is 0 Å². The van der Waals surface area contributed by atoms with Gasteiger partial charge in [0.15, 0.2) is 0 Å². The number of amides is 3. The molecule has 2 N–H and O–H groups in total. The maximum Gasteiger partial charge on any atom is 0.408 e. The van der Waals surface area contributed by atoms with Gasteiger partial charge in [-0.3, -0.25) is 9.59 Å². The monoisotopic (exact) mass is 463 g/mol. The van der Waals surface area contributed by atoms with E-state index in [1.807, 2.05) is 37.3 Å². The van der Waals surface area contributed by atoms with Gasteiger partial charge in [0.2, 0.25) is 11.8 Å². The Morgan fingerprint density at radius 2 is 1.75 bits per heavy atom. The van der Waals surface area contributed by atoms with Crippen LogP contribution in [0.2, 0.25) is 0 Å². The van der Waals surface area contributed by atoms with Crippen molar-refractivity contribution in [2.75, 3.05) is 12.3 Å². The molecule has 1 saturated carbocycles. The third-order valence-corrected chi connectivity index (χ3v) is 5.79. The number of hydrogen-bond donors (Lipinski definition) is 3. The molecule has 7 nitrogen and oxygen atoms in total. The fraction of sp³-hybridized carbons (Fsp3) is 0.625. The van der Waals surface area contributed by atoms with Crippen molar-refractivity contribution in [3.05, 3.63) is 35.9 Å². The second-order valence-electron chi connectivity index (χ2n) is 9.16. The van der Waals surface area contributed by atoms with E-state index >= 15 is 0 Å². The van der Waals surface area contributed by atoms with Crippen LogP contribution in [0.1, 0.15) is 71.4 Å². The van der Waals surface area contributed by atoms with Crippen LogP contribution in [-0.4, -0.2) is 52.8 Å². The number of rotatable bonds is 8. The topological polar surface area (TPSA) is 87.7 Å². The summed E-state index contributed by atoms with van der Waals surface area (Å²) in [7, 11) is 0. The molecule has 178 valence electrons. The van der Waals surface area contributed by atoms with Crippen LogP contribution in [0.15, 0.2) is 30.3 Å². The molecule has 0 aliphatic heterocycles. The van der Waals surface area contributed by atoms with Crippen molar-refractivity contribution in [3.8, 4) is 0 Å². The molecule has 0 radical (unpaired) electrons. The number of ether oxygens (including phenoxy) is 1. The maximum atomic E-state index is 13.4. The minimum atomic E-state index is -0.915. The fourth-order valence-corrected chi connectivity index (χ4v) is 4.18. The number of benzene rings is 1. The Balaban J connectivity index is 2.25. The van der Waals surface area contributed by atoms with Crippen LogP contribution in [0, 0.1) is 0 Å². The molecule has 2 rings (SSSR count). The maximum absolute atomic E-state index is 13.4. The van der Waals surface area contributed by atoms with E-state index in [4.69, 9.17) is 4.74 Å². The van der Waals surface area contributed by atoms with Gasteiger partial charge in [-0.15, -0.1) is 0 Å². The van der Waals surface area contributed by atoms with Crippen LogP contribution in [0.25, 0.3) is 0 Å². The standard InChI is InChI=1S/C24H37N3O4S/c1-5-27(22(29)19(16-32)26-23(30)31-24(2,3)4)20(17-12-8-6-9-13-17)21(28)25-18-14-10-7-11-15-18/h6,8-9,12-13,18-20,32H,5,7,10-11,14-16H2,1-4H3,(H,25,28)(H,26,30). The number of alkyl carbamates (subject to hydrolysis) is 1. The van der Waals surface area contributed by atoms with Gasteiger partial charge in [-0.05, 0) is 46.1 Å². The van der Waals surface area contributed by atoms with E-state index in [2.05, 4.69) is 23.3 Å². The van der Waals surface area contributed by atoms with Gasteiger partial charge in [0.25, 0.3) is 0 Å². The van der Waals surface area contributed by atoms with E-state index in [-0.39, 0.29) is 23.6 Å². The summed E-state index contributed by atoms with van der Waals surface area (Å²) in [4.78, 5) is 40.6. The molecule has 1 aliphatic carbocycles. The molecule has 3 amide bonds. The second-order valence-corrected chi connectivity index (χ2v) is 9.53. The summed E-state index contributed by atoms with van der Waals surface area (Å²) >= 11 is 4.27. The van der Waals surface area contributed by atoms with E-state index in [1.54, 1.807) is 20.8 Å². The van der Waals surface area contributed by atoms with Crippen LogP contribution in [-0.2, 0) is 14.3 Å². The van der Waals surface area contributed by atoms with Gasteiger partial charge in [0, 0.05) is 18.3 Å². The van der Waals surface area contributed by atoms with Crippen molar-refractivity contribution in [3.63, 3.8) is 0 Å². The van der Waals surface area contributed by atoms with Crippen molar-refractivity contribution in [1.29, 1.82) is 0 Å². The second kappa shape index (κ2) is 12.1. The van der Waals surface area contributed by atoms with Crippen LogP contribution >= 0.6 is 12.6 Å². The predicted octanol–water partition coefficient (Wildman–Crippen LogP) is 3.85. The average Bonchev–Trinajstić information content (AvgIpc) is 2.75. The summed E-state index contributed by atoms with van der Waals surface area (Å²) in [6.45, 7) is 7.39. The smallest absolute Gasteiger partial charge is 0.408 e. The number of hydrogen-bond acceptors (Lipinski definition) is 5. The number of nitrogens with zero attached hydrogens (tertiary/aromatic N) is 1. The molecular formula is C24H37N3O4S. The first-order chi connectivity index (χ1) is 15.2. The zero-order valence-corrected chi connectivity index (χ0v) is 20.5. The predicted molar refractivity (Wildman–Crippen MR) is 129 cm³/mol. The summed E-state index contributed by atoms with van der Waals surface area (Å²) in [5.74, 6) is -0.491. The lowest BCUT2D eigenvalue weighted by Crippen LogP contribution is -2.54. The third-order valence-electron chi connectivity index (χ3n) is 5.42. The minimum absolute atomic E-state index is 0.0837. The number of nitrogens with one attached hydrogen (secondary N) is 2. The number of likely N-dealkylation sites (N-methyl/N-ethyl adjacent to an activating group) is 1. The number of carbonyl (C=O) groups is 3. The zero-order chi connectivity index (χ0) is 23.7. The van der Waals surface area contributed by atoms with Crippen LogP contribution in [0.4, 0.5) is 4.79 Å². The summed E-state index contributed by atoms with van der Waals surface area (Å²) in [5, 5.41) is 5.76. The molecule has 8 heteroatoms. The molecule has 0 aromatic heterocycles. The normalized spacial score (nSPS) is 16.5. The van der Waals surface area contributed by atoms with Crippen LogP contribution < -0.4 is 10.6 Å². The molecule has 1 fully saturated rings. The van der Waals surface area contributed by atoms with Crippen LogP contribution in [0.5, 0.6) is 0 Å². The van der Waals surface area contributed by atoms with E-state index in [0.29, 0.717) is 6.54 Å². The summed E-state index contributed by atoms with van der Waals surface area (Å²) < 4.78 is 5.29. The Labute approximate surface area is 197 Å². The Bertz CT molecular complexity index is 760. The SMILES string of the molecule is CCN(C(=O)C(CS)NC(=O)OC(C)(C)C)C(C(=O)NC1CCCCC1)c1ccccc1. The first kappa shape index (κ1) is 26.0. The highest BCUT2D eigenvalue weighted by Gasteiger charge is 2.35. The van der Waals surface area contributed by atoms with Gasteiger partial charge in [0.05, 0.1) is 0 Å². The molecule has 1 aliphatic rings. The largest absolute Gasteiger partial charge is 0.444 e. The first-order valence-corrected chi connectivity index (χ1v) is 12.1. The van der Waals surface area contributed by atoms with E-state index in [1.165, 1.54) is 11.3 Å². The van der Waals surface area contributed by atoms with Gasteiger partial charge in [-0.1, -0.05) is 49.6 Å². The highest BCUT2D eigenvalue weighted by molar-refractivity contribution is 7.80. The highest BCUT2D eigenvalue weighted by atomic mass is 32.1. The average molecular weight is 464 g/mol. The molecule has 2 unspecified atom stereocenters. The lowest BCUT2D eigenvalue weighted by molar-refractivity contribution is -0.142. The highest BCUT2D eigenvalue weighted by Crippen LogP contribution is 2.24. The van der Waals surface area contributed by atoms with Crippen molar-refractivity contribution >= 4 is 30.5 Å². The summed E-state index contributed by atoms with van der Waals surface area (Å²) in [6.07, 6.45) is 4.59. The Kier molecular flexibility index (Phi) is 9.87. The quantitative estimate of drug-likeness (QED) is 0.511. The summed E-state index contributed by atoms with van der Waals surface area (Å²) in [6, 6.07) is 7.68. The van der Waals surface area contributed by atoms with E-state index in [9.17, 15) is 14.4 Å². The Morgan fingerprint density at radius 1 is 1.12 bits per heavy atom. The van der Waals surface area contributed by atoms with Gasteiger partial charge in [-0.2, -0.15) is 12.6 Å². The van der Waals surface area contributed by atoms with Gasteiger partial charge < -0.3 is 20.3 Å². The van der Waals surface area contributed by atoms with Crippen molar-refractivity contribution in [1.82, 2.24) is 15.5 Å². The lowest BCUT2D eigenvalue weighted by Gasteiger charge is -2.34. The van der Waals surface area contributed by atoms with Gasteiger partial charge >= 0.3 is 6.09 Å². The third kappa shape index (κ3) is 7.73. The number of thiol groups is 1. The van der Waals surface area contributed by atoms with Crippen molar-refractivity contribution < 1.29 is 19.1 Å². The first-order valence-electron chi connectivity index (χ1n) is 11.4. The number of carbonyl (C=O) groups excluding carboxylic acids is 3. The Hall–Kier alpha value is -2.22. The van der Waals surface area contributed by atoms with Crippen LogP contribution in [0.3, 0.4) is 0 Å². The molecule has 0 heterocycles.